The fourth-order valence-electron chi connectivity index (χ4n) is 2.03. The minimum atomic E-state index is -0.490. The molecule has 4 nitrogen and oxygen atoms in total. The van der Waals surface area contributed by atoms with Crippen LogP contribution in [0.15, 0.2) is 57.8 Å². The molecule has 2 atom stereocenters. The van der Waals surface area contributed by atoms with E-state index in [1.165, 1.54) is 0 Å². The maximum Gasteiger partial charge on any atom is 0.335 e. The molecule has 1 aliphatic heterocycles. The molecular formula is C13H10O4. The van der Waals surface area contributed by atoms with Crippen LogP contribution in [0.25, 0.3) is 0 Å². The highest BCUT2D eigenvalue weighted by Gasteiger charge is 2.43. The van der Waals surface area contributed by atoms with Gasteiger partial charge in [-0.25, -0.2) is 4.79 Å². The lowest BCUT2D eigenvalue weighted by atomic mass is 9.93. The number of furan rings is 2. The first-order valence-electron chi connectivity index (χ1n) is 5.24. The molecule has 3 heterocycles. The average molecular weight is 230 g/mol. The first kappa shape index (κ1) is 9.96. The Morgan fingerprint density at radius 2 is 1.71 bits per heavy atom. The van der Waals surface area contributed by atoms with Crippen molar-refractivity contribution in [2.45, 2.75) is 12.0 Å². The van der Waals surface area contributed by atoms with E-state index in [9.17, 15) is 4.79 Å². The summed E-state index contributed by atoms with van der Waals surface area (Å²) in [6, 6.07) is 7.09. The fourth-order valence-corrected chi connectivity index (χ4v) is 2.03. The van der Waals surface area contributed by atoms with Crippen molar-refractivity contribution in [2.75, 3.05) is 0 Å². The summed E-state index contributed by atoms with van der Waals surface area (Å²) in [7, 11) is 0. The molecule has 86 valence electrons. The summed E-state index contributed by atoms with van der Waals surface area (Å²) < 4.78 is 15.9. The Bertz CT molecular complexity index is 536. The lowest BCUT2D eigenvalue weighted by molar-refractivity contribution is -0.139. The largest absolute Gasteiger partial charge is 0.469 e. The van der Waals surface area contributed by atoms with E-state index in [1.54, 1.807) is 36.8 Å². The molecule has 1 saturated heterocycles. The van der Waals surface area contributed by atoms with Crippen LogP contribution in [0.1, 0.15) is 23.5 Å². The highest BCUT2D eigenvalue weighted by Crippen LogP contribution is 2.45. The van der Waals surface area contributed by atoms with E-state index in [1.807, 2.05) is 0 Å². The van der Waals surface area contributed by atoms with Gasteiger partial charge in [-0.3, -0.25) is 0 Å². The molecule has 1 aliphatic rings. The molecule has 0 spiro atoms. The van der Waals surface area contributed by atoms with Gasteiger partial charge in [-0.2, -0.15) is 0 Å². The molecule has 0 unspecified atom stereocenters. The molecule has 0 N–H and O–H groups in total. The van der Waals surface area contributed by atoms with Crippen molar-refractivity contribution in [1.82, 2.24) is 0 Å². The van der Waals surface area contributed by atoms with Crippen LogP contribution in [0.5, 0.6) is 0 Å². The Balaban J connectivity index is 2.03. The van der Waals surface area contributed by atoms with Gasteiger partial charge in [-0.1, -0.05) is 6.58 Å². The normalized spacial score (nSPS) is 24.0. The second-order valence-electron chi connectivity index (χ2n) is 3.86. The summed E-state index contributed by atoms with van der Waals surface area (Å²) in [6.45, 7) is 3.76. The minimum absolute atomic E-state index is 0.316. The first-order valence-corrected chi connectivity index (χ1v) is 5.24. The van der Waals surface area contributed by atoms with Crippen LogP contribution in [-0.4, -0.2) is 5.97 Å². The van der Waals surface area contributed by atoms with Gasteiger partial charge >= 0.3 is 5.97 Å². The van der Waals surface area contributed by atoms with E-state index < -0.39 is 12.1 Å². The van der Waals surface area contributed by atoms with Crippen molar-refractivity contribution in [1.29, 1.82) is 0 Å². The lowest BCUT2D eigenvalue weighted by Gasteiger charge is -2.12. The van der Waals surface area contributed by atoms with Gasteiger partial charge in [0.25, 0.3) is 0 Å². The predicted molar refractivity (Wildman–Crippen MR) is 58.1 cm³/mol. The van der Waals surface area contributed by atoms with Crippen molar-refractivity contribution in [3.63, 3.8) is 0 Å². The van der Waals surface area contributed by atoms with Crippen LogP contribution in [-0.2, 0) is 9.53 Å². The van der Waals surface area contributed by atoms with E-state index in [2.05, 4.69) is 6.58 Å². The first-order chi connectivity index (χ1) is 8.27. The van der Waals surface area contributed by atoms with Gasteiger partial charge in [-0.05, 0) is 24.3 Å². The molecule has 0 amide bonds. The fraction of sp³-hybridized carbons (Fsp3) is 0.154. The number of rotatable bonds is 2. The molecule has 17 heavy (non-hydrogen) atoms. The third kappa shape index (κ3) is 1.49. The van der Waals surface area contributed by atoms with Crippen molar-refractivity contribution in [3.8, 4) is 0 Å². The zero-order chi connectivity index (χ0) is 11.8. The monoisotopic (exact) mass is 230 g/mol. The topological polar surface area (TPSA) is 52.6 Å². The maximum atomic E-state index is 11.6. The Kier molecular flexibility index (Phi) is 2.14. The van der Waals surface area contributed by atoms with Gasteiger partial charge in [-0.15, -0.1) is 0 Å². The number of ether oxygens (including phenoxy) is 1. The molecule has 0 radical (unpaired) electrons. The zero-order valence-electron chi connectivity index (χ0n) is 8.96. The number of carbonyl (C=O) groups is 1. The highest BCUT2D eigenvalue weighted by atomic mass is 16.6. The van der Waals surface area contributed by atoms with Gasteiger partial charge in [0.15, 0.2) is 6.10 Å². The van der Waals surface area contributed by atoms with Gasteiger partial charge in [0.2, 0.25) is 0 Å². The van der Waals surface area contributed by atoms with Gasteiger partial charge < -0.3 is 13.6 Å². The second-order valence-corrected chi connectivity index (χ2v) is 3.86. The summed E-state index contributed by atoms with van der Waals surface area (Å²) in [5.41, 5.74) is 0.390. The summed E-state index contributed by atoms with van der Waals surface area (Å²) in [4.78, 5) is 11.6. The number of carbonyl (C=O) groups excluding carboxylic acids is 1. The van der Waals surface area contributed by atoms with Crippen LogP contribution in [0.4, 0.5) is 0 Å². The molecule has 0 aliphatic carbocycles. The second kappa shape index (κ2) is 3.66. The minimum Gasteiger partial charge on any atom is -0.469 e. The molecule has 0 saturated carbocycles. The summed E-state index contributed by atoms with van der Waals surface area (Å²) >= 11 is 0. The van der Waals surface area contributed by atoms with Crippen LogP contribution in [0.3, 0.4) is 0 Å². The molecule has 2 aromatic heterocycles. The molecule has 0 bridgehead atoms. The molecule has 2 aromatic rings. The molecular weight excluding hydrogens is 220 g/mol. The number of hydrogen-bond acceptors (Lipinski definition) is 4. The summed E-state index contributed by atoms with van der Waals surface area (Å²) in [5, 5.41) is 0. The van der Waals surface area contributed by atoms with Crippen molar-refractivity contribution in [3.05, 3.63) is 60.5 Å². The molecule has 1 fully saturated rings. The van der Waals surface area contributed by atoms with Crippen LogP contribution in [0, 0.1) is 0 Å². The van der Waals surface area contributed by atoms with Crippen molar-refractivity contribution >= 4 is 5.97 Å². The quantitative estimate of drug-likeness (QED) is 0.588. The standard InChI is InChI=1S/C13H10O4/c1-8-11(9-4-2-6-15-9)12(17-13(8)14)10-5-3-7-16-10/h2-7,11-12H,1H2/t11-,12+/m1/s1. The van der Waals surface area contributed by atoms with E-state index in [0.29, 0.717) is 17.1 Å². The van der Waals surface area contributed by atoms with E-state index in [4.69, 9.17) is 13.6 Å². The third-order valence-corrected chi connectivity index (χ3v) is 2.85. The van der Waals surface area contributed by atoms with Crippen molar-refractivity contribution in [2.24, 2.45) is 0 Å². The van der Waals surface area contributed by atoms with Gasteiger partial charge in [0.1, 0.15) is 11.5 Å². The predicted octanol–water partition coefficient (Wildman–Crippen LogP) is 2.81. The highest BCUT2D eigenvalue weighted by molar-refractivity contribution is 5.92. The van der Waals surface area contributed by atoms with Crippen LogP contribution >= 0.6 is 0 Å². The Morgan fingerprint density at radius 3 is 2.29 bits per heavy atom. The smallest absolute Gasteiger partial charge is 0.335 e. The lowest BCUT2D eigenvalue weighted by Crippen LogP contribution is -2.05. The Morgan fingerprint density at radius 1 is 1.06 bits per heavy atom. The number of hydrogen-bond donors (Lipinski definition) is 0. The Labute approximate surface area is 97.5 Å². The van der Waals surface area contributed by atoms with E-state index in [0.717, 1.165) is 0 Å². The number of esters is 1. The zero-order valence-corrected chi connectivity index (χ0v) is 8.96. The van der Waals surface area contributed by atoms with E-state index in [-0.39, 0.29) is 5.92 Å². The van der Waals surface area contributed by atoms with E-state index >= 15 is 0 Å². The van der Waals surface area contributed by atoms with Crippen LogP contribution in [0.2, 0.25) is 0 Å². The molecule has 4 heteroatoms. The Hall–Kier alpha value is -2.23. The molecule has 0 aromatic carbocycles. The maximum absolute atomic E-state index is 11.6. The van der Waals surface area contributed by atoms with Gasteiger partial charge in [0.05, 0.1) is 18.4 Å². The van der Waals surface area contributed by atoms with Crippen LogP contribution < -0.4 is 0 Å². The summed E-state index contributed by atoms with van der Waals surface area (Å²) in [5.74, 6) is 0.525. The molecule has 3 rings (SSSR count). The SMILES string of the molecule is C=C1C(=O)O[C@@H](c2ccco2)[C@H]1c1ccco1. The van der Waals surface area contributed by atoms with Crippen molar-refractivity contribution < 1.29 is 18.4 Å². The summed E-state index contributed by atoms with van der Waals surface area (Å²) in [6.07, 6.45) is 2.62. The van der Waals surface area contributed by atoms with Gasteiger partial charge in [0, 0.05) is 5.57 Å². The number of cyclic esters (lactones) is 1. The third-order valence-electron chi connectivity index (χ3n) is 2.85. The average Bonchev–Trinajstić information content (AvgIpc) is 3.01.